The number of thiocarbonyl (C=S) groups is 1. The number of amides is 1. The summed E-state index contributed by atoms with van der Waals surface area (Å²) in [5.74, 6) is -0.0970. The zero-order valence-electron chi connectivity index (χ0n) is 12.2. The molecule has 1 aliphatic heterocycles. The fourth-order valence-electron chi connectivity index (χ4n) is 2.97. The highest BCUT2D eigenvalue weighted by molar-refractivity contribution is 9.10. The first-order valence-electron chi connectivity index (χ1n) is 7.42. The molecule has 2 fully saturated rings. The van der Waals surface area contributed by atoms with Crippen LogP contribution in [0.2, 0.25) is 5.02 Å². The second-order valence-corrected chi connectivity index (χ2v) is 8.67. The number of carbonyl (C=O) groups is 1. The van der Waals surface area contributed by atoms with Gasteiger partial charge >= 0.3 is 0 Å². The molecule has 0 bridgehead atoms. The maximum Gasteiger partial charge on any atom is 0.266 e. The Morgan fingerprint density at radius 3 is 2.74 bits per heavy atom. The summed E-state index contributed by atoms with van der Waals surface area (Å²) >= 11 is 16.0. The van der Waals surface area contributed by atoms with E-state index in [4.69, 9.17) is 23.8 Å². The number of hydrogen-bond acceptors (Lipinski definition) is 4. The number of carbonyl (C=O) groups excluding carboxylic acids is 1. The second-order valence-electron chi connectivity index (χ2n) is 5.67. The van der Waals surface area contributed by atoms with E-state index in [-0.39, 0.29) is 22.7 Å². The molecule has 122 valence electrons. The SMILES string of the molecule is O=C1C(=Cc2cc(Br)cc(Cl)c2O)SC(=S)N1C1CCCCC1. The molecule has 1 aliphatic carbocycles. The molecule has 1 aromatic rings. The van der Waals surface area contributed by atoms with Gasteiger partial charge in [0, 0.05) is 16.1 Å². The van der Waals surface area contributed by atoms with Gasteiger partial charge in [0.25, 0.3) is 5.91 Å². The second kappa shape index (κ2) is 7.13. The summed E-state index contributed by atoms with van der Waals surface area (Å²) in [6, 6.07) is 3.55. The Balaban J connectivity index is 1.90. The van der Waals surface area contributed by atoms with Crippen molar-refractivity contribution in [1.29, 1.82) is 0 Å². The number of thioether (sulfide) groups is 1. The van der Waals surface area contributed by atoms with Gasteiger partial charge in [0.05, 0.1) is 9.93 Å². The van der Waals surface area contributed by atoms with Gasteiger partial charge in [-0.15, -0.1) is 0 Å². The molecule has 1 heterocycles. The highest BCUT2D eigenvalue weighted by atomic mass is 79.9. The lowest BCUT2D eigenvalue weighted by atomic mass is 9.94. The molecule has 0 unspecified atom stereocenters. The molecule has 1 N–H and O–H groups in total. The van der Waals surface area contributed by atoms with Crippen LogP contribution in [0.5, 0.6) is 5.75 Å². The molecule has 0 radical (unpaired) electrons. The van der Waals surface area contributed by atoms with E-state index in [1.165, 1.54) is 18.2 Å². The lowest BCUT2D eigenvalue weighted by Crippen LogP contribution is -2.39. The summed E-state index contributed by atoms with van der Waals surface area (Å²) < 4.78 is 1.35. The van der Waals surface area contributed by atoms with Crippen LogP contribution >= 0.6 is 51.5 Å². The molecule has 1 aromatic carbocycles. The van der Waals surface area contributed by atoms with Crippen molar-refractivity contribution in [2.75, 3.05) is 0 Å². The van der Waals surface area contributed by atoms with Gasteiger partial charge < -0.3 is 5.11 Å². The maximum atomic E-state index is 12.7. The Bertz CT molecular complexity index is 702. The molecule has 1 saturated heterocycles. The largest absolute Gasteiger partial charge is 0.506 e. The van der Waals surface area contributed by atoms with E-state index in [1.807, 2.05) is 0 Å². The van der Waals surface area contributed by atoms with Crippen molar-refractivity contribution in [2.45, 2.75) is 38.1 Å². The summed E-state index contributed by atoms with van der Waals surface area (Å²) in [7, 11) is 0. The van der Waals surface area contributed by atoms with Crippen LogP contribution in [0.1, 0.15) is 37.7 Å². The molecule has 2 aliphatic rings. The van der Waals surface area contributed by atoms with Crippen LogP contribution in [-0.2, 0) is 4.79 Å². The van der Waals surface area contributed by atoms with E-state index < -0.39 is 0 Å². The highest BCUT2D eigenvalue weighted by Gasteiger charge is 2.37. The molecular formula is C16H15BrClNO2S2. The smallest absolute Gasteiger partial charge is 0.266 e. The van der Waals surface area contributed by atoms with Crippen molar-refractivity contribution in [3.8, 4) is 5.75 Å². The predicted octanol–water partition coefficient (Wildman–Crippen LogP) is 5.34. The molecule has 0 spiro atoms. The Hall–Kier alpha value is -0.560. The fraction of sp³-hybridized carbons (Fsp3) is 0.375. The van der Waals surface area contributed by atoms with Gasteiger partial charge in [-0.05, 0) is 31.1 Å². The Morgan fingerprint density at radius 2 is 2.04 bits per heavy atom. The number of aromatic hydroxyl groups is 1. The van der Waals surface area contributed by atoms with Crippen LogP contribution in [0.4, 0.5) is 0 Å². The third-order valence-corrected chi connectivity index (χ3v) is 6.18. The minimum absolute atomic E-state index is 0.0298. The number of halogens is 2. The average molecular weight is 433 g/mol. The van der Waals surface area contributed by atoms with E-state index in [1.54, 1.807) is 23.1 Å². The number of phenols is 1. The molecule has 3 nitrogen and oxygen atoms in total. The quantitative estimate of drug-likeness (QED) is 0.506. The third-order valence-electron chi connectivity index (χ3n) is 4.11. The lowest BCUT2D eigenvalue weighted by Gasteiger charge is -2.29. The summed E-state index contributed by atoms with van der Waals surface area (Å²) in [4.78, 5) is 15.0. The van der Waals surface area contributed by atoms with Crippen LogP contribution in [0.15, 0.2) is 21.5 Å². The molecule has 0 atom stereocenters. The van der Waals surface area contributed by atoms with Gasteiger partial charge in [-0.25, -0.2) is 0 Å². The van der Waals surface area contributed by atoms with Crippen molar-refractivity contribution in [3.63, 3.8) is 0 Å². The Morgan fingerprint density at radius 1 is 1.35 bits per heavy atom. The van der Waals surface area contributed by atoms with Crippen LogP contribution < -0.4 is 0 Å². The summed E-state index contributed by atoms with van der Waals surface area (Å²) in [6.45, 7) is 0. The predicted molar refractivity (Wildman–Crippen MR) is 103 cm³/mol. The molecule has 23 heavy (non-hydrogen) atoms. The number of nitrogens with zero attached hydrogens (tertiary/aromatic N) is 1. The number of phenolic OH excluding ortho intramolecular Hbond substituents is 1. The zero-order valence-corrected chi connectivity index (χ0v) is 16.2. The zero-order chi connectivity index (χ0) is 16.6. The number of benzene rings is 1. The van der Waals surface area contributed by atoms with E-state index in [2.05, 4.69) is 15.9 Å². The van der Waals surface area contributed by atoms with Crippen LogP contribution in [-0.4, -0.2) is 26.3 Å². The molecule has 1 saturated carbocycles. The van der Waals surface area contributed by atoms with Gasteiger partial charge in [-0.2, -0.15) is 0 Å². The minimum Gasteiger partial charge on any atom is -0.506 e. The molecular weight excluding hydrogens is 418 g/mol. The Labute approximate surface area is 158 Å². The first kappa shape index (κ1) is 17.3. The topological polar surface area (TPSA) is 40.5 Å². The van der Waals surface area contributed by atoms with Gasteiger partial charge in [-0.1, -0.05) is 70.8 Å². The molecule has 3 rings (SSSR count). The molecule has 1 amide bonds. The van der Waals surface area contributed by atoms with E-state index in [0.717, 1.165) is 30.2 Å². The lowest BCUT2D eigenvalue weighted by molar-refractivity contribution is -0.124. The molecule has 7 heteroatoms. The normalized spacial score (nSPS) is 21.5. The maximum absolute atomic E-state index is 12.7. The third kappa shape index (κ3) is 3.60. The van der Waals surface area contributed by atoms with E-state index >= 15 is 0 Å². The summed E-state index contributed by atoms with van der Waals surface area (Å²) in [6.07, 6.45) is 7.19. The van der Waals surface area contributed by atoms with E-state index in [9.17, 15) is 9.90 Å². The highest BCUT2D eigenvalue weighted by Crippen LogP contribution is 2.39. The van der Waals surface area contributed by atoms with Crippen molar-refractivity contribution in [2.24, 2.45) is 0 Å². The number of hydrogen-bond donors (Lipinski definition) is 1. The van der Waals surface area contributed by atoms with Crippen LogP contribution in [0, 0.1) is 0 Å². The standard InChI is InChI=1S/C16H15BrClNO2S2/c17-10-6-9(14(20)12(18)8-10)7-13-15(21)19(16(22)23-13)11-4-2-1-3-5-11/h6-8,11,20H,1-5H2. The average Bonchev–Trinajstić information content (AvgIpc) is 2.79. The molecule has 0 aromatic heterocycles. The monoisotopic (exact) mass is 431 g/mol. The van der Waals surface area contributed by atoms with Crippen molar-refractivity contribution >= 4 is 67.8 Å². The van der Waals surface area contributed by atoms with Gasteiger partial charge in [0.1, 0.15) is 10.1 Å². The van der Waals surface area contributed by atoms with Crippen molar-refractivity contribution in [3.05, 3.63) is 32.1 Å². The van der Waals surface area contributed by atoms with Crippen LogP contribution in [0.3, 0.4) is 0 Å². The summed E-state index contributed by atoms with van der Waals surface area (Å²) in [5, 5.41) is 10.3. The van der Waals surface area contributed by atoms with Gasteiger partial charge in [0.15, 0.2) is 0 Å². The van der Waals surface area contributed by atoms with Gasteiger partial charge in [-0.3, -0.25) is 9.69 Å². The fourth-order valence-corrected chi connectivity index (χ4v) is 5.20. The Kier molecular flexibility index (Phi) is 5.35. The first-order valence-corrected chi connectivity index (χ1v) is 9.82. The van der Waals surface area contributed by atoms with E-state index in [0.29, 0.717) is 14.8 Å². The van der Waals surface area contributed by atoms with Crippen LogP contribution in [0.25, 0.3) is 6.08 Å². The minimum atomic E-state index is -0.0672. The first-order chi connectivity index (χ1) is 11.0. The number of rotatable bonds is 2. The summed E-state index contributed by atoms with van der Waals surface area (Å²) in [5.41, 5.74) is 0.508. The van der Waals surface area contributed by atoms with Crippen molar-refractivity contribution < 1.29 is 9.90 Å². The van der Waals surface area contributed by atoms with Crippen molar-refractivity contribution in [1.82, 2.24) is 4.90 Å². The van der Waals surface area contributed by atoms with Gasteiger partial charge in [0.2, 0.25) is 0 Å².